The summed E-state index contributed by atoms with van der Waals surface area (Å²) in [6.07, 6.45) is 9.71. The maximum atomic E-state index is 11.9. The van der Waals surface area contributed by atoms with Gasteiger partial charge in [0.05, 0.1) is 23.1 Å². The Bertz CT molecular complexity index is 1930. The lowest BCUT2D eigenvalue weighted by molar-refractivity contribution is -0.114. The van der Waals surface area contributed by atoms with Crippen molar-refractivity contribution in [1.82, 2.24) is 29.5 Å². The number of sulfone groups is 1. The van der Waals surface area contributed by atoms with Gasteiger partial charge in [0, 0.05) is 31.5 Å². The van der Waals surface area contributed by atoms with Gasteiger partial charge in [-0.05, 0) is 74.1 Å². The maximum absolute atomic E-state index is 11.9. The van der Waals surface area contributed by atoms with Gasteiger partial charge in [0.25, 0.3) is 0 Å². The van der Waals surface area contributed by atoms with E-state index in [0.29, 0.717) is 58.6 Å². The van der Waals surface area contributed by atoms with Gasteiger partial charge in [0.2, 0.25) is 5.91 Å². The van der Waals surface area contributed by atoms with Crippen LogP contribution in [0.3, 0.4) is 0 Å². The number of fused-ring (bicyclic) bond motifs is 1. The molecule has 4 aromatic heterocycles. The second-order valence-corrected chi connectivity index (χ2v) is 12.9. The highest BCUT2D eigenvalue weighted by atomic mass is 32.2. The van der Waals surface area contributed by atoms with E-state index in [-0.39, 0.29) is 17.0 Å². The molecule has 1 saturated heterocycles. The van der Waals surface area contributed by atoms with Gasteiger partial charge in [0.15, 0.2) is 15.5 Å². The van der Waals surface area contributed by atoms with Crippen LogP contribution in [-0.2, 0) is 25.8 Å². The number of aryl methyl sites for hydroxylation is 1. The number of ether oxygens (including phenoxy) is 1. The third kappa shape index (κ3) is 6.43. The Morgan fingerprint density at radius 2 is 1.84 bits per heavy atom. The molecule has 0 spiro atoms. The lowest BCUT2D eigenvalue weighted by Crippen LogP contribution is -2.18. The minimum absolute atomic E-state index is 0.138. The zero-order valence-electron chi connectivity index (χ0n) is 24.6. The largest absolute Gasteiger partial charge is 0.358 e. The minimum atomic E-state index is -3.29. The Balaban J connectivity index is 1.42. The first-order chi connectivity index (χ1) is 21.1. The summed E-state index contributed by atoms with van der Waals surface area (Å²) in [6, 6.07) is 12.4. The maximum Gasteiger partial charge on any atom is 0.222 e. The molecule has 5 aromatic rings. The summed E-state index contributed by atoms with van der Waals surface area (Å²) < 4.78 is 31.9. The van der Waals surface area contributed by atoms with Gasteiger partial charge in [-0.3, -0.25) is 9.36 Å². The van der Waals surface area contributed by atoms with Gasteiger partial charge in [0.1, 0.15) is 34.9 Å². The molecule has 1 aliphatic heterocycles. The van der Waals surface area contributed by atoms with E-state index in [1.165, 1.54) is 13.2 Å². The number of anilines is 3. The van der Waals surface area contributed by atoms with Crippen molar-refractivity contribution in [3.8, 4) is 11.3 Å². The molecule has 5 heterocycles. The molecule has 13 heteroatoms. The number of aromatic nitrogens is 6. The van der Waals surface area contributed by atoms with Gasteiger partial charge >= 0.3 is 0 Å². The summed E-state index contributed by atoms with van der Waals surface area (Å²) in [6.45, 7) is 3.97. The van der Waals surface area contributed by atoms with Crippen molar-refractivity contribution >= 4 is 44.2 Å². The van der Waals surface area contributed by atoms with Crippen LogP contribution in [0.4, 0.5) is 17.3 Å². The molecule has 1 amide bonds. The number of carbonyl (C=O) groups is 1. The second-order valence-electron chi connectivity index (χ2n) is 10.8. The first kappa shape index (κ1) is 29.3. The Hall–Kier alpha value is -4.75. The van der Waals surface area contributed by atoms with Gasteiger partial charge in [-0.1, -0.05) is 12.1 Å². The summed E-state index contributed by atoms with van der Waals surface area (Å²) >= 11 is 0. The van der Waals surface area contributed by atoms with Crippen LogP contribution in [0.25, 0.3) is 22.4 Å². The molecule has 2 N–H and O–H groups in total. The van der Waals surface area contributed by atoms with Gasteiger partial charge in [-0.25, -0.2) is 33.3 Å². The number of carbonyl (C=O) groups excluding carboxylic acids is 1. The summed E-state index contributed by atoms with van der Waals surface area (Å²) in [5.74, 6) is 1.36. The fourth-order valence-electron chi connectivity index (χ4n) is 5.20. The Morgan fingerprint density at radius 3 is 2.52 bits per heavy atom. The van der Waals surface area contributed by atoms with Crippen molar-refractivity contribution in [1.29, 1.82) is 0 Å². The van der Waals surface area contributed by atoms with Crippen molar-refractivity contribution in [3.63, 3.8) is 0 Å². The van der Waals surface area contributed by atoms with Gasteiger partial charge in [-0.2, -0.15) is 0 Å². The van der Waals surface area contributed by atoms with E-state index >= 15 is 0 Å². The summed E-state index contributed by atoms with van der Waals surface area (Å²) in [4.78, 5) is 35.1. The zero-order chi connectivity index (χ0) is 30.8. The van der Waals surface area contributed by atoms with Crippen molar-refractivity contribution in [2.75, 3.05) is 23.5 Å². The van der Waals surface area contributed by atoms with E-state index in [1.54, 1.807) is 43.0 Å². The number of hydrogen-bond donors (Lipinski definition) is 2. The van der Waals surface area contributed by atoms with Crippen molar-refractivity contribution < 1.29 is 17.9 Å². The monoisotopic (exact) mass is 612 g/mol. The molecule has 12 nitrogen and oxygen atoms in total. The van der Waals surface area contributed by atoms with Crippen LogP contribution in [0.1, 0.15) is 49.4 Å². The second kappa shape index (κ2) is 12.1. The van der Waals surface area contributed by atoms with E-state index in [0.717, 1.165) is 30.4 Å². The fourth-order valence-corrected chi connectivity index (χ4v) is 5.83. The number of hydrogen-bond acceptors (Lipinski definition) is 10. The van der Waals surface area contributed by atoms with Crippen molar-refractivity contribution in [2.45, 2.75) is 50.7 Å². The van der Waals surface area contributed by atoms with Gasteiger partial charge in [-0.15, -0.1) is 0 Å². The lowest BCUT2D eigenvalue weighted by Gasteiger charge is -2.23. The first-order valence-corrected chi connectivity index (χ1v) is 16.1. The van der Waals surface area contributed by atoms with Crippen LogP contribution >= 0.6 is 0 Å². The van der Waals surface area contributed by atoms with Crippen LogP contribution in [0, 0.1) is 6.92 Å². The average Bonchev–Trinajstić information content (AvgIpc) is 3.42. The molecule has 226 valence electrons. The molecule has 1 aliphatic rings. The smallest absolute Gasteiger partial charge is 0.222 e. The zero-order valence-corrected chi connectivity index (χ0v) is 25.4. The van der Waals surface area contributed by atoms with Crippen molar-refractivity contribution in [2.24, 2.45) is 0 Å². The van der Waals surface area contributed by atoms with Gasteiger partial charge < -0.3 is 15.4 Å². The first-order valence-electron chi connectivity index (χ1n) is 14.3. The van der Waals surface area contributed by atoms with Crippen LogP contribution < -0.4 is 10.6 Å². The fraction of sp³-hybridized carbons (Fsp3) is 0.290. The number of nitrogens with one attached hydrogen (secondary N) is 2. The standard InChI is InChI=1S/C31H32N8O4S/c1-19-35-28(29-31(36-19)39(18-34-29)27-6-4-5-13-43-27)25-15-22(14-21-7-10-24(11-8-21)44(3,41)42)16-33-30(25)38-23-9-12-26(32-17-23)37-20(2)40/h7-12,15-18,27H,4-6,13-14H2,1-3H3,(H,33,38)(H,32,37,40). The molecular formula is C31H32N8O4S. The Morgan fingerprint density at radius 1 is 1.02 bits per heavy atom. The molecule has 0 radical (unpaired) electrons. The topological polar surface area (TPSA) is 154 Å². The number of imidazole rings is 1. The Labute approximate surface area is 254 Å². The van der Waals surface area contributed by atoms with Crippen molar-refractivity contribution in [3.05, 3.63) is 78.1 Å². The van der Waals surface area contributed by atoms with E-state index < -0.39 is 9.84 Å². The predicted molar refractivity (Wildman–Crippen MR) is 166 cm³/mol. The average molecular weight is 613 g/mol. The highest BCUT2D eigenvalue weighted by Crippen LogP contribution is 2.35. The molecule has 0 bridgehead atoms. The quantitative estimate of drug-likeness (QED) is 0.245. The molecule has 1 fully saturated rings. The Kier molecular flexibility index (Phi) is 8.06. The number of rotatable bonds is 8. The SMILES string of the molecule is CC(=O)Nc1ccc(Nc2ncc(Cc3ccc(S(C)(=O)=O)cc3)cc2-c2nc(C)nc3c2ncn3C2CCCCO2)cn1. The molecule has 0 aliphatic carbocycles. The molecule has 1 atom stereocenters. The number of pyridine rings is 2. The minimum Gasteiger partial charge on any atom is -0.358 e. The lowest BCUT2D eigenvalue weighted by atomic mass is 10.0. The molecular weight excluding hydrogens is 580 g/mol. The van der Waals surface area contributed by atoms with E-state index in [1.807, 2.05) is 29.7 Å². The van der Waals surface area contributed by atoms with Crippen LogP contribution in [-0.4, -0.2) is 56.7 Å². The summed E-state index contributed by atoms with van der Waals surface area (Å²) in [5.41, 5.74) is 5.15. The molecule has 44 heavy (non-hydrogen) atoms. The van der Waals surface area contributed by atoms with Crippen LogP contribution in [0.2, 0.25) is 0 Å². The molecule has 0 saturated carbocycles. The normalized spacial score (nSPS) is 15.3. The number of nitrogens with zero attached hydrogens (tertiary/aromatic N) is 6. The molecule has 1 aromatic carbocycles. The van der Waals surface area contributed by atoms with E-state index in [2.05, 4.69) is 15.6 Å². The van der Waals surface area contributed by atoms with E-state index in [9.17, 15) is 13.2 Å². The van der Waals surface area contributed by atoms with E-state index in [4.69, 9.17) is 24.7 Å². The third-order valence-electron chi connectivity index (χ3n) is 7.29. The van der Waals surface area contributed by atoms with Crippen LogP contribution in [0.15, 0.2) is 66.1 Å². The summed E-state index contributed by atoms with van der Waals surface area (Å²) in [5, 5.41) is 6.01. The predicted octanol–water partition coefficient (Wildman–Crippen LogP) is 4.99. The number of amides is 1. The van der Waals surface area contributed by atoms with Crippen LogP contribution in [0.5, 0.6) is 0 Å². The highest BCUT2D eigenvalue weighted by molar-refractivity contribution is 7.90. The number of benzene rings is 1. The third-order valence-corrected chi connectivity index (χ3v) is 8.42. The molecule has 1 unspecified atom stereocenters. The highest BCUT2D eigenvalue weighted by Gasteiger charge is 2.23. The summed E-state index contributed by atoms with van der Waals surface area (Å²) in [7, 11) is -3.29. The molecule has 6 rings (SSSR count).